The van der Waals surface area contributed by atoms with Crippen molar-refractivity contribution in [3.8, 4) is 6.07 Å². The van der Waals surface area contributed by atoms with Crippen LogP contribution >= 0.6 is 11.3 Å². The van der Waals surface area contributed by atoms with Crippen molar-refractivity contribution in [1.82, 2.24) is 0 Å². The van der Waals surface area contributed by atoms with Gasteiger partial charge in [0.1, 0.15) is 10.9 Å². The summed E-state index contributed by atoms with van der Waals surface area (Å²) in [6, 6.07) is 16.0. The van der Waals surface area contributed by atoms with E-state index in [0.717, 1.165) is 23.4 Å². The average molecular weight is 282 g/mol. The molecule has 2 aromatic rings. The summed E-state index contributed by atoms with van der Waals surface area (Å²) < 4.78 is 0. The maximum absolute atomic E-state index is 12.3. The van der Waals surface area contributed by atoms with Crippen molar-refractivity contribution < 1.29 is 4.79 Å². The molecule has 1 aromatic carbocycles. The standard InChI is InChI=1S/C16H14N2OS/c17-11-13-9-10-16(20-13)18-14(7-4-8-15(18)19)12-5-2-1-3-6-12/h1-3,5-6,9-10,14H,4,7-8H2/t14-/m0/s1. The van der Waals surface area contributed by atoms with Crippen molar-refractivity contribution in [3.05, 3.63) is 52.9 Å². The summed E-state index contributed by atoms with van der Waals surface area (Å²) in [6.07, 6.45) is 2.48. The number of hydrogen-bond acceptors (Lipinski definition) is 3. The summed E-state index contributed by atoms with van der Waals surface area (Å²) in [5.41, 5.74) is 1.16. The zero-order valence-corrected chi connectivity index (χ0v) is 11.8. The Morgan fingerprint density at radius 1 is 1.20 bits per heavy atom. The Hall–Kier alpha value is -2.12. The molecule has 1 saturated heterocycles. The smallest absolute Gasteiger partial charge is 0.228 e. The number of anilines is 1. The SMILES string of the molecule is N#Cc1ccc(N2C(=O)CCC[C@H]2c2ccccc2)s1. The quantitative estimate of drug-likeness (QED) is 0.839. The van der Waals surface area contributed by atoms with Crippen molar-refractivity contribution in [3.63, 3.8) is 0 Å². The molecule has 100 valence electrons. The first-order valence-corrected chi connectivity index (χ1v) is 7.48. The second-order valence-electron chi connectivity index (χ2n) is 4.83. The molecule has 2 heterocycles. The first-order chi connectivity index (χ1) is 9.79. The number of rotatable bonds is 2. The Labute approximate surface area is 122 Å². The number of nitriles is 1. The van der Waals surface area contributed by atoms with Crippen LogP contribution in [0.3, 0.4) is 0 Å². The zero-order chi connectivity index (χ0) is 13.9. The fourth-order valence-electron chi connectivity index (χ4n) is 2.65. The van der Waals surface area contributed by atoms with Gasteiger partial charge in [0.15, 0.2) is 0 Å². The summed E-state index contributed by atoms with van der Waals surface area (Å²) in [7, 11) is 0. The Kier molecular flexibility index (Phi) is 3.53. The van der Waals surface area contributed by atoms with Crippen LogP contribution < -0.4 is 4.90 Å². The topological polar surface area (TPSA) is 44.1 Å². The van der Waals surface area contributed by atoms with Gasteiger partial charge < -0.3 is 0 Å². The molecule has 0 aliphatic carbocycles. The van der Waals surface area contributed by atoms with Crippen LogP contribution in [0.1, 0.15) is 35.7 Å². The third kappa shape index (κ3) is 2.33. The van der Waals surface area contributed by atoms with E-state index < -0.39 is 0 Å². The van der Waals surface area contributed by atoms with Gasteiger partial charge in [-0.1, -0.05) is 30.3 Å². The highest BCUT2D eigenvalue weighted by molar-refractivity contribution is 7.16. The van der Waals surface area contributed by atoms with E-state index >= 15 is 0 Å². The second kappa shape index (κ2) is 5.48. The predicted octanol–water partition coefficient (Wildman–Crippen LogP) is 3.88. The Morgan fingerprint density at radius 2 is 2.00 bits per heavy atom. The Morgan fingerprint density at radius 3 is 2.70 bits per heavy atom. The number of nitrogens with zero attached hydrogens (tertiary/aromatic N) is 2. The predicted molar refractivity (Wildman–Crippen MR) is 79.6 cm³/mol. The molecule has 0 radical (unpaired) electrons. The van der Waals surface area contributed by atoms with Crippen LogP contribution in [-0.4, -0.2) is 5.91 Å². The lowest BCUT2D eigenvalue weighted by atomic mass is 9.95. The van der Waals surface area contributed by atoms with Gasteiger partial charge in [-0.2, -0.15) is 5.26 Å². The molecule has 3 rings (SSSR count). The maximum atomic E-state index is 12.3. The number of hydrogen-bond donors (Lipinski definition) is 0. The molecule has 0 bridgehead atoms. The molecule has 1 atom stereocenters. The van der Waals surface area contributed by atoms with Crippen molar-refractivity contribution in [2.75, 3.05) is 4.90 Å². The summed E-state index contributed by atoms with van der Waals surface area (Å²) in [6.45, 7) is 0. The number of piperidine rings is 1. The van der Waals surface area contributed by atoms with Gasteiger partial charge in [-0.25, -0.2) is 0 Å². The van der Waals surface area contributed by atoms with Crippen molar-refractivity contribution in [2.45, 2.75) is 25.3 Å². The molecule has 20 heavy (non-hydrogen) atoms. The number of benzene rings is 1. The van der Waals surface area contributed by atoms with Gasteiger partial charge in [0.2, 0.25) is 5.91 Å². The van der Waals surface area contributed by atoms with E-state index in [-0.39, 0.29) is 11.9 Å². The third-order valence-electron chi connectivity index (χ3n) is 3.57. The molecule has 1 amide bonds. The fraction of sp³-hybridized carbons (Fsp3) is 0.250. The summed E-state index contributed by atoms with van der Waals surface area (Å²) in [5, 5.41) is 9.83. The average Bonchev–Trinajstić information content (AvgIpc) is 2.96. The van der Waals surface area contributed by atoms with E-state index in [0.29, 0.717) is 11.3 Å². The van der Waals surface area contributed by atoms with E-state index in [1.807, 2.05) is 29.2 Å². The van der Waals surface area contributed by atoms with Crippen molar-refractivity contribution in [2.24, 2.45) is 0 Å². The van der Waals surface area contributed by atoms with Crippen molar-refractivity contribution in [1.29, 1.82) is 5.26 Å². The normalized spacial score (nSPS) is 18.9. The van der Waals surface area contributed by atoms with E-state index in [1.165, 1.54) is 11.3 Å². The van der Waals surface area contributed by atoms with Crippen LogP contribution in [0.15, 0.2) is 42.5 Å². The van der Waals surface area contributed by atoms with E-state index in [1.54, 1.807) is 6.07 Å². The molecule has 3 nitrogen and oxygen atoms in total. The first kappa shape index (κ1) is 12.9. The molecule has 0 N–H and O–H groups in total. The molecular formula is C16H14N2OS. The molecule has 0 spiro atoms. The second-order valence-corrected chi connectivity index (χ2v) is 5.89. The van der Waals surface area contributed by atoms with Crippen molar-refractivity contribution >= 4 is 22.2 Å². The molecule has 1 fully saturated rings. The van der Waals surface area contributed by atoms with Crippen LogP contribution in [0.5, 0.6) is 0 Å². The highest BCUT2D eigenvalue weighted by Gasteiger charge is 2.31. The van der Waals surface area contributed by atoms with Gasteiger partial charge in [-0.05, 0) is 30.5 Å². The number of carbonyl (C=O) groups excluding carboxylic acids is 1. The highest BCUT2D eigenvalue weighted by atomic mass is 32.1. The lowest BCUT2D eigenvalue weighted by Gasteiger charge is -2.35. The monoisotopic (exact) mass is 282 g/mol. The maximum Gasteiger partial charge on any atom is 0.228 e. The summed E-state index contributed by atoms with van der Waals surface area (Å²) in [5.74, 6) is 0.149. The minimum absolute atomic E-state index is 0.0858. The van der Waals surface area contributed by atoms with Crippen LogP contribution in [0.4, 0.5) is 5.00 Å². The summed E-state index contributed by atoms with van der Waals surface area (Å²) >= 11 is 1.39. The molecule has 1 aromatic heterocycles. The first-order valence-electron chi connectivity index (χ1n) is 6.66. The number of carbonyl (C=O) groups is 1. The van der Waals surface area contributed by atoms with Gasteiger partial charge in [-0.3, -0.25) is 9.69 Å². The van der Waals surface area contributed by atoms with Crippen LogP contribution in [0.2, 0.25) is 0 Å². The van der Waals surface area contributed by atoms with Crippen LogP contribution in [0.25, 0.3) is 0 Å². The van der Waals surface area contributed by atoms with E-state index in [4.69, 9.17) is 5.26 Å². The highest BCUT2D eigenvalue weighted by Crippen LogP contribution is 2.38. The Bertz CT molecular complexity index is 657. The molecule has 0 saturated carbocycles. The largest absolute Gasteiger partial charge is 0.296 e. The molecule has 1 aliphatic heterocycles. The minimum atomic E-state index is 0.0858. The van der Waals surface area contributed by atoms with Gasteiger partial charge >= 0.3 is 0 Å². The molecule has 1 aliphatic rings. The number of amides is 1. The van der Waals surface area contributed by atoms with E-state index in [2.05, 4.69) is 18.2 Å². The summed E-state index contributed by atoms with van der Waals surface area (Å²) in [4.78, 5) is 14.8. The van der Waals surface area contributed by atoms with Gasteiger partial charge in [0.05, 0.1) is 11.0 Å². The lowest BCUT2D eigenvalue weighted by Crippen LogP contribution is -2.37. The number of thiophene rings is 1. The van der Waals surface area contributed by atoms with Gasteiger partial charge in [0.25, 0.3) is 0 Å². The molecule has 4 heteroatoms. The van der Waals surface area contributed by atoms with Crippen LogP contribution in [-0.2, 0) is 4.79 Å². The molecular weight excluding hydrogens is 268 g/mol. The fourth-order valence-corrected chi connectivity index (χ4v) is 3.53. The van der Waals surface area contributed by atoms with E-state index in [9.17, 15) is 4.79 Å². The zero-order valence-electron chi connectivity index (χ0n) is 11.0. The van der Waals surface area contributed by atoms with Gasteiger partial charge in [0, 0.05) is 6.42 Å². The Balaban J connectivity index is 1.99. The lowest BCUT2D eigenvalue weighted by molar-refractivity contribution is -0.120. The molecule has 0 unspecified atom stereocenters. The van der Waals surface area contributed by atoms with Crippen LogP contribution in [0, 0.1) is 11.3 Å². The third-order valence-corrected chi connectivity index (χ3v) is 4.56. The minimum Gasteiger partial charge on any atom is -0.296 e. The van der Waals surface area contributed by atoms with Gasteiger partial charge in [-0.15, -0.1) is 11.3 Å².